The molecule has 6 nitrogen and oxygen atoms in total. The normalized spacial score (nSPS) is 10.6. The Kier molecular flexibility index (Phi) is 7.00. The summed E-state index contributed by atoms with van der Waals surface area (Å²) in [6, 6.07) is 16.5. The van der Waals surface area contributed by atoms with Crippen LogP contribution in [0.1, 0.15) is 23.1 Å². The summed E-state index contributed by atoms with van der Waals surface area (Å²) >= 11 is 4.69. The number of carbonyl (C=O) groups is 2. The van der Waals surface area contributed by atoms with Crippen LogP contribution in [0.4, 0.5) is 5.69 Å². The highest BCUT2D eigenvalue weighted by molar-refractivity contribution is 9.10. The van der Waals surface area contributed by atoms with Gasteiger partial charge < -0.3 is 9.88 Å². The van der Waals surface area contributed by atoms with Gasteiger partial charge in [-0.3, -0.25) is 9.59 Å². The van der Waals surface area contributed by atoms with Crippen LogP contribution in [0.3, 0.4) is 0 Å². The van der Waals surface area contributed by atoms with Crippen LogP contribution in [0.2, 0.25) is 0 Å². The number of para-hydroxylation sites is 1. The molecule has 8 heteroatoms. The molecule has 1 N–H and O–H groups in total. The SMILES string of the molecule is CCn1c(CC(=O)Nc2ccccc2)nnc1SCC(=O)c1ccc(Br)cc1. The van der Waals surface area contributed by atoms with Gasteiger partial charge in [0.1, 0.15) is 5.82 Å². The van der Waals surface area contributed by atoms with Gasteiger partial charge >= 0.3 is 0 Å². The molecule has 0 radical (unpaired) electrons. The number of rotatable bonds is 8. The van der Waals surface area contributed by atoms with E-state index in [0.717, 1.165) is 10.2 Å². The summed E-state index contributed by atoms with van der Waals surface area (Å²) in [6.07, 6.45) is 0.122. The number of nitrogens with one attached hydrogen (secondary N) is 1. The van der Waals surface area contributed by atoms with Crippen molar-refractivity contribution in [1.82, 2.24) is 14.8 Å². The van der Waals surface area contributed by atoms with E-state index in [9.17, 15) is 9.59 Å². The highest BCUT2D eigenvalue weighted by atomic mass is 79.9. The quantitative estimate of drug-likeness (QED) is 0.403. The number of nitrogens with zero attached hydrogens (tertiary/aromatic N) is 3. The predicted molar refractivity (Wildman–Crippen MR) is 114 cm³/mol. The summed E-state index contributed by atoms with van der Waals surface area (Å²) < 4.78 is 2.80. The molecule has 0 saturated heterocycles. The highest BCUT2D eigenvalue weighted by Gasteiger charge is 2.16. The molecule has 0 aliphatic rings. The topological polar surface area (TPSA) is 76.9 Å². The molecule has 3 aromatic rings. The molecule has 0 fully saturated rings. The fourth-order valence-electron chi connectivity index (χ4n) is 2.59. The van der Waals surface area contributed by atoms with Gasteiger partial charge in [-0.25, -0.2) is 0 Å². The van der Waals surface area contributed by atoms with Gasteiger partial charge in [0.15, 0.2) is 10.9 Å². The standard InChI is InChI=1S/C20H19BrN4O2S/c1-2-25-18(12-19(27)22-16-6-4-3-5-7-16)23-24-20(25)28-13-17(26)14-8-10-15(21)11-9-14/h3-11H,2,12-13H2,1H3,(H,22,27). The van der Waals surface area contributed by atoms with Crippen LogP contribution < -0.4 is 5.32 Å². The Labute approximate surface area is 175 Å². The van der Waals surface area contributed by atoms with Gasteiger partial charge in [0.25, 0.3) is 0 Å². The Morgan fingerprint density at radius 1 is 1.07 bits per heavy atom. The summed E-state index contributed by atoms with van der Waals surface area (Å²) in [4.78, 5) is 24.6. The van der Waals surface area contributed by atoms with E-state index in [4.69, 9.17) is 0 Å². The molecule has 0 aliphatic carbocycles. The van der Waals surface area contributed by atoms with Crippen LogP contribution in [0.5, 0.6) is 0 Å². The molecule has 1 aromatic heterocycles. The van der Waals surface area contributed by atoms with Crippen LogP contribution in [0.15, 0.2) is 64.2 Å². The monoisotopic (exact) mass is 458 g/mol. The number of amides is 1. The van der Waals surface area contributed by atoms with Crippen LogP contribution >= 0.6 is 27.7 Å². The summed E-state index contributed by atoms with van der Waals surface area (Å²) in [5.74, 6) is 0.701. The third kappa shape index (κ3) is 5.30. The zero-order valence-corrected chi connectivity index (χ0v) is 17.7. The maximum atomic E-state index is 12.4. The van der Waals surface area contributed by atoms with E-state index in [1.165, 1.54) is 11.8 Å². The summed E-state index contributed by atoms with van der Waals surface area (Å²) in [7, 11) is 0. The van der Waals surface area contributed by atoms with Crippen molar-refractivity contribution in [3.63, 3.8) is 0 Å². The first kappa shape index (κ1) is 20.3. The molecule has 144 valence electrons. The second kappa shape index (κ2) is 9.66. The minimum Gasteiger partial charge on any atom is -0.326 e. The number of benzene rings is 2. The van der Waals surface area contributed by atoms with E-state index >= 15 is 0 Å². The fourth-order valence-corrected chi connectivity index (χ4v) is 3.77. The van der Waals surface area contributed by atoms with E-state index in [1.54, 1.807) is 12.1 Å². The summed E-state index contributed by atoms with van der Waals surface area (Å²) in [5.41, 5.74) is 1.39. The Bertz CT molecular complexity index is 958. The van der Waals surface area contributed by atoms with Crippen molar-refractivity contribution < 1.29 is 9.59 Å². The van der Waals surface area contributed by atoms with Crippen molar-refractivity contribution in [2.45, 2.75) is 25.0 Å². The van der Waals surface area contributed by atoms with Crippen molar-refractivity contribution in [2.24, 2.45) is 0 Å². The number of ketones is 1. The Hall–Kier alpha value is -2.45. The first-order chi connectivity index (χ1) is 13.6. The van der Waals surface area contributed by atoms with Gasteiger partial charge in [-0.05, 0) is 31.2 Å². The van der Waals surface area contributed by atoms with Crippen molar-refractivity contribution in [3.8, 4) is 0 Å². The maximum absolute atomic E-state index is 12.4. The minimum atomic E-state index is -0.157. The molecular weight excluding hydrogens is 440 g/mol. The van der Waals surface area contributed by atoms with Gasteiger partial charge in [-0.15, -0.1) is 10.2 Å². The van der Waals surface area contributed by atoms with E-state index in [1.807, 2.05) is 54.0 Å². The lowest BCUT2D eigenvalue weighted by molar-refractivity contribution is -0.115. The molecule has 1 heterocycles. The van der Waals surface area contributed by atoms with E-state index in [0.29, 0.717) is 23.1 Å². The van der Waals surface area contributed by atoms with Crippen molar-refractivity contribution >= 4 is 45.1 Å². The van der Waals surface area contributed by atoms with Crippen molar-refractivity contribution in [2.75, 3.05) is 11.1 Å². The Morgan fingerprint density at radius 2 is 1.79 bits per heavy atom. The van der Waals surface area contributed by atoms with Crippen LogP contribution in [0.25, 0.3) is 0 Å². The molecule has 3 rings (SSSR count). The molecule has 0 spiro atoms. The molecule has 0 saturated carbocycles. The third-order valence-corrected chi connectivity index (χ3v) is 5.48. The van der Waals surface area contributed by atoms with Crippen LogP contribution in [-0.2, 0) is 17.8 Å². The average molecular weight is 459 g/mol. The molecule has 28 heavy (non-hydrogen) atoms. The molecule has 2 aromatic carbocycles. The largest absolute Gasteiger partial charge is 0.326 e. The number of halogens is 1. The van der Waals surface area contributed by atoms with Gasteiger partial charge in [-0.2, -0.15) is 0 Å². The van der Waals surface area contributed by atoms with Crippen molar-refractivity contribution in [3.05, 3.63) is 70.5 Å². The third-order valence-electron chi connectivity index (χ3n) is 3.98. The van der Waals surface area contributed by atoms with E-state index < -0.39 is 0 Å². The second-order valence-corrected chi connectivity index (χ2v) is 7.81. The van der Waals surface area contributed by atoms with Gasteiger partial charge in [0, 0.05) is 22.3 Å². The Morgan fingerprint density at radius 3 is 2.46 bits per heavy atom. The minimum absolute atomic E-state index is 0.0199. The molecule has 0 bridgehead atoms. The molecule has 1 amide bonds. The fraction of sp³-hybridized carbons (Fsp3) is 0.200. The highest BCUT2D eigenvalue weighted by Crippen LogP contribution is 2.20. The zero-order chi connectivity index (χ0) is 19.9. The smallest absolute Gasteiger partial charge is 0.232 e. The van der Waals surface area contributed by atoms with Crippen LogP contribution in [-0.4, -0.2) is 32.2 Å². The first-order valence-electron chi connectivity index (χ1n) is 8.75. The number of aromatic nitrogens is 3. The lowest BCUT2D eigenvalue weighted by atomic mass is 10.2. The summed E-state index contributed by atoms with van der Waals surface area (Å²) in [6.45, 7) is 2.58. The summed E-state index contributed by atoms with van der Waals surface area (Å²) in [5, 5.41) is 11.8. The van der Waals surface area contributed by atoms with Gasteiger partial charge in [0.05, 0.1) is 12.2 Å². The molecular formula is C20H19BrN4O2S. The number of anilines is 1. The molecule has 0 unspecified atom stereocenters. The maximum Gasteiger partial charge on any atom is 0.232 e. The molecule has 0 atom stereocenters. The zero-order valence-electron chi connectivity index (χ0n) is 15.3. The van der Waals surface area contributed by atoms with Crippen LogP contribution in [0, 0.1) is 0 Å². The van der Waals surface area contributed by atoms with Gasteiger partial charge in [-0.1, -0.05) is 58.0 Å². The number of thioether (sulfide) groups is 1. The number of hydrogen-bond acceptors (Lipinski definition) is 5. The lowest BCUT2D eigenvalue weighted by Gasteiger charge is -2.08. The predicted octanol–water partition coefficient (Wildman–Crippen LogP) is 4.22. The molecule has 0 aliphatic heterocycles. The van der Waals surface area contributed by atoms with E-state index in [2.05, 4.69) is 31.4 Å². The number of carbonyl (C=O) groups excluding carboxylic acids is 2. The number of hydrogen-bond donors (Lipinski definition) is 1. The lowest BCUT2D eigenvalue weighted by Crippen LogP contribution is -2.17. The van der Waals surface area contributed by atoms with E-state index in [-0.39, 0.29) is 23.9 Å². The van der Waals surface area contributed by atoms with Crippen molar-refractivity contribution in [1.29, 1.82) is 0 Å². The average Bonchev–Trinajstić information content (AvgIpc) is 3.08. The Balaban J connectivity index is 1.62. The second-order valence-electron chi connectivity index (χ2n) is 5.95. The first-order valence-corrected chi connectivity index (χ1v) is 10.5. The number of Topliss-reactive ketones (excluding diaryl/α,β-unsaturated/α-hetero) is 1. The van der Waals surface area contributed by atoms with Gasteiger partial charge in [0.2, 0.25) is 5.91 Å².